The van der Waals surface area contributed by atoms with Crippen LogP contribution in [0.25, 0.3) is 10.2 Å². The van der Waals surface area contributed by atoms with Crippen LogP contribution >= 0.6 is 11.3 Å². The van der Waals surface area contributed by atoms with E-state index in [9.17, 15) is 14.0 Å². The Morgan fingerprint density at radius 1 is 1.09 bits per heavy atom. The molecule has 0 bridgehead atoms. The van der Waals surface area contributed by atoms with E-state index in [4.69, 9.17) is 0 Å². The molecular formula is C27H26FN3O2S. The van der Waals surface area contributed by atoms with Gasteiger partial charge in [0, 0.05) is 13.1 Å². The predicted octanol–water partition coefficient (Wildman–Crippen LogP) is 5.05. The molecule has 1 aliphatic heterocycles. The number of rotatable bonds is 5. The number of thiophene rings is 1. The number of amides is 1. The van der Waals surface area contributed by atoms with Crippen molar-refractivity contribution < 1.29 is 9.18 Å². The van der Waals surface area contributed by atoms with E-state index in [0.717, 1.165) is 32.4 Å². The number of aromatic nitrogens is 2. The number of benzene rings is 2. The number of likely N-dealkylation sites (tertiary alicyclic amines) is 1. The Morgan fingerprint density at radius 2 is 1.82 bits per heavy atom. The standard InChI is InChI=1S/C27H26FN3O2S/c1-18-23-25(29-17-31(26(23)32)16-21-8-5-9-22(28)15-21)34-24(18)27(33)30-12-10-20(11-13-30)14-19-6-3-2-4-7-19/h2-9,15,17,20H,10-14,16H2,1H3. The van der Waals surface area contributed by atoms with Crippen LogP contribution in [0.15, 0.2) is 65.7 Å². The van der Waals surface area contributed by atoms with Gasteiger partial charge in [0.2, 0.25) is 0 Å². The second-order valence-electron chi connectivity index (χ2n) is 8.97. The molecule has 4 aromatic rings. The van der Waals surface area contributed by atoms with E-state index in [2.05, 4.69) is 29.2 Å². The van der Waals surface area contributed by atoms with Gasteiger partial charge in [-0.05, 0) is 60.9 Å². The Kier molecular flexibility index (Phi) is 6.28. The molecule has 0 spiro atoms. The lowest BCUT2D eigenvalue weighted by atomic mass is 9.90. The van der Waals surface area contributed by atoms with Gasteiger partial charge >= 0.3 is 0 Å². The van der Waals surface area contributed by atoms with Crippen molar-refractivity contribution in [3.63, 3.8) is 0 Å². The third-order valence-corrected chi connectivity index (χ3v) is 7.81. The molecule has 0 radical (unpaired) electrons. The number of hydrogen-bond donors (Lipinski definition) is 0. The minimum absolute atomic E-state index is 0.0188. The normalized spacial score (nSPS) is 14.6. The third kappa shape index (κ3) is 4.53. The Bertz CT molecular complexity index is 1390. The number of halogens is 1. The molecule has 1 fully saturated rings. The average molecular weight is 476 g/mol. The number of fused-ring (bicyclic) bond motifs is 1. The maximum absolute atomic E-state index is 13.5. The van der Waals surface area contributed by atoms with E-state index >= 15 is 0 Å². The van der Waals surface area contributed by atoms with Crippen LogP contribution in [0.3, 0.4) is 0 Å². The van der Waals surface area contributed by atoms with Gasteiger partial charge in [0.1, 0.15) is 10.6 Å². The van der Waals surface area contributed by atoms with E-state index in [-0.39, 0.29) is 23.8 Å². The SMILES string of the molecule is Cc1c(C(=O)N2CCC(Cc3ccccc3)CC2)sc2ncn(Cc3cccc(F)c3)c(=O)c12. The molecule has 2 aromatic heterocycles. The molecule has 5 rings (SSSR count). The third-order valence-electron chi connectivity index (χ3n) is 6.62. The number of aryl methyl sites for hydroxylation is 1. The highest BCUT2D eigenvalue weighted by Crippen LogP contribution is 2.30. The Morgan fingerprint density at radius 3 is 2.56 bits per heavy atom. The van der Waals surface area contributed by atoms with Crippen LogP contribution in [0.5, 0.6) is 0 Å². The van der Waals surface area contributed by atoms with Gasteiger partial charge in [-0.3, -0.25) is 14.2 Å². The lowest BCUT2D eigenvalue weighted by Crippen LogP contribution is -2.38. The van der Waals surface area contributed by atoms with Crippen molar-refractivity contribution in [1.82, 2.24) is 14.5 Å². The van der Waals surface area contributed by atoms with Gasteiger partial charge in [-0.25, -0.2) is 9.37 Å². The first-order valence-electron chi connectivity index (χ1n) is 11.6. The summed E-state index contributed by atoms with van der Waals surface area (Å²) < 4.78 is 15.0. The number of hydrogen-bond acceptors (Lipinski definition) is 4. The molecule has 7 heteroatoms. The van der Waals surface area contributed by atoms with Gasteiger partial charge in [0.15, 0.2) is 0 Å². The molecule has 3 heterocycles. The number of nitrogens with zero attached hydrogens (tertiary/aromatic N) is 3. The van der Waals surface area contributed by atoms with Gasteiger partial charge in [-0.1, -0.05) is 42.5 Å². The van der Waals surface area contributed by atoms with Gasteiger partial charge in [-0.2, -0.15) is 0 Å². The van der Waals surface area contributed by atoms with Gasteiger partial charge < -0.3 is 4.90 Å². The fourth-order valence-corrected chi connectivity index (χ4v) is 5.85. The number of piperidine rings is 1. The first-order valence-corrected chi connectivity index (χ1v) is 12.4. The summed E-state index contributed by atoms with van der Waals surface area (Å²) in [7, 11) is 0. The van der Waals surface area contributed by atoms with Crippen LogP contribution in [0.2, 0.25) is 0 Å². The smallest absolute Gasteiger partial charge is 0.264 e. The van der Waals surface area contributed by atoms with Crippen LogP contribution in [-0.2, 0) is 13.0 Å². The minimum Gasteiger partial charge on any atom is -0.338 e. The van der Waals surface area contributed by atoms with Crippen LogP contribution in [0, 0.1) is 18.7 Å². The van der Waals surface area contributed by atoms with Crippen molar-refractivity contribution in [3.8, 4) is 0 Å². The highest BCUT2D eigenvalue weighted by Gasteiger charge is 2.27. The summed E-state index contributed by atoms with van der Waals surface area (Å²) in [5.74, 6) is 0.216. The van der Waals surface area contributed by atoms with Crippen molar-refractivity contribution >= 4 is 27.5 Å². The lowest BCUT2D eigenvalue weighted by molar-refractivity contribution is 0.0695. The maximum atomic E-state index is 13.5. The zero-order valence-electron chi connectivity index (χ0n) is 19.0. The van der Waals surface area contributed by atoms with Crippen molar-refractivity contribution in [1.29, 1.82) is 0 Å². The number of carbonyl (C=O) groups is 1. The molecule has 34 heavy (non-hydrogen) atoms. The van der Waals surface area contributed by atoms with Crippen molar-refractivity contribution in [2.75, 3.05) is 13.1 Å². The molecule has 0 aliphatic carbocycles. The zero-order chi connectivity index (χ0) is 23.7. The van der Waals surface area contributed by atoms with Crippen molar-refractivity contribution in [2.24, 2.45) is 5.92 Å². The highest BCUT2D eigenvalue weighted by atomic mass is 32.1. The quantitative estimate of drug-likeness (QED) is 0.406. The van der Waals surface area contributed by atoms with Crippen LogP contribution < -0.4 is 5.56 Å². The van der Waals surface area contributed by atoms with Crippen molar-refractivity contribution in [2.45, 2.75) is 32.7 Å². The Hall–Kier alpha value is -3.32. The maximum Gasteiger partial charge on any atom is 0.264 e. The van der Waals surface area contributed by atoms with Gasteiger partial charge in [0.05, 0.1) is 23.1 Å². The van der Waals surface area contributed by atoms with E-state index in [0.29, 0.717) is 32.1 Å². The molecular weight excluding hydrogens is 449 g/mol. The average Bonchev–Trinajstić information content (AvgIpc) is 3.18. The monoisotopic (exact) mass is 475 g/mol. The van der Waals surface area contributed by atoms with Crippen molar-refractivity contribution in [3.05, 3.63) is 98.7 Å². The van der Waals surface area contributed by atoms with E-state index < -0.39 is 0 Å². The van der Waals surface area contributed by atoms with Crippen LogP contribution in [-0.4, -0.2) is 33.4 Å². The first-order chi connectivity index (χ1) is 16.5. The van der Waals surface area contributed by atoms with Crippen LogP contribution in [0.1, 0.15) is 39.2 Å². The van der Waals surface area contributed by atoms with E-state index in [1.807, 2.05) is 17.9 Å². The molecule has 0 N–H and O–H groups in total. The second kappa shape index (κ2) is 9.50. The summed E-state index contributed by atoms with van der Waals surface area (Å²) in [4.78, 5) is 34.0. The fraction of sp³-hybridized carbons (Fsp3) is 0.296. The van der Waals surface area contributed by atoms with E-state index in [1.165, 1.54) is 39.9 Å². The predicted molar refractivity (Wildman–Crippen MR) is 133 cm³/mol. The Labute approximate surface area is 201 Å². The lowest BCUT2D eigenvalue weighted by Gasteiger charge is -2.32. The molecule has 0 unspecified atom stereocenters. The molecule has 0 atom stereocenters. The molecule has 1 amide bonds. The summed E-state index contributed by atoms with van der Waals surface area (Å²) in [5, 5.41) is 0.478. The summed E-state index contributed by atoms with van der Waals surface area (Å²) in [6.07, 6.45) is 4.47. The molecule has 0 saturated carbocycles. The van der Waals surface area contributed by atoms with Gasteiger partial charge in [0.25, 0.3) is 11.5 Å². The highest BCUT2D eigenvalue weighted by molar-refractivity contribution is 7.20. The number of carbonyl (C=O) groups excluding carboxylic acids is 1. The molecule has 5 nitrogen and oxygen atoms in total. The largest absolute Gasteiger partial charge is 0.338 e. The topological polar surface area (TPSA) is 55.2 Å². The fourth-order valence-electron chi connectivity index (χ4n) is 4.74. The second-order valence-corrected chi connectivity index (χ2v) is 9.97. The summed E-state index contributed by atoms with van der Waals surface area (Å²) >= 11 is 1.29. The minimum atomic E-state index is -0.341. The summed E-state index contributed by atoms with van der Waals surface area (Å²) in [6, 6.07) is 16.7. The van der Waals surface area contributed by atoms with E-state index in [1.54, 1.807) is 12.1 Å². The van der Waals surface area contributed by atoms with Gasteiger partial charge in [-0.15, -0.1) is 11.3 Å². The Balaban J connectivity index is 1.33. The summed E-state index contributed by atoms with van der Waals surface area (Å²) in [5.41, 5.74) is 2.50. The molecule has 1 saturated heterocycles. The molecule has 2 aromatic carbocycles. The first kappa shape index (κ1) is 22.5. The summed E-state index contributed by atoms with van der Waals surface area (Å²) in [6.45, 7) is 3.50. The molecule has 1 aliphatic rings. The van der Waals surface area contributed by atoms with Crippen LogP contribution in [0.4, 0.5) is 4.39 Å². The molecule has 174 valence electrons. The zero-order valence-corrected chi connectivity index (χ0v) is 19.9.